The van der Waals surface area contributed by atoms with E-state index in [-0.39, 0.29) is 0 Å². The summed E-state index contributed by atoms with van der Waals surface area (Å²) in [6, 6.07) is 13.6. The summed E-state index contributed by atoms with van der Waals surface area (Å²) >= 11 is 0. The van der Waals surface area contributed by atoms with Crippen LogP contribution in [0.2, 0.25) is 0 Å². The zero-order valence-corrected chi connectivity index (χ0v) is 17.1. The highest BCUT2D eigenvalue weighted by Crippen LogP contribution is 2.37. The molecular weight excluding hydrogens is 336 g/mol. The second-order valence-corrected chi connectivity index (χ2v) is 7.60. The fourth-order valence-corrected chi connectivity index (χ4v) is 3.84. The van der Waals surface area contributed by atoms with E-state index in [1.165, 1.54) is 33.6 Å². The molecule has 0 N–H and O–H groups in total. The Kier molecular flexibility index (Phi) is 6.89. The number of fused-ring (bicyclic) bond motifs is 2. The minimum Gasteiger partial charge on any atom is -0.380 e. The summed E-state index contributed by atoms with van der Waals surface area (Å²) in [5, 5.41) is 0. The second kappa shape index (κ2) is 9.36. The van der Waals surface area contributed by atoms with Crippen LogP contribution in [0.25, 0.3) is 0 Å². The topological polar surface area (TPSA) is 24.9 Å². The highest BCUT2D eigenvalue weighted by molar-refractivity contribution is 5.72. The normalized spacial score (nSPS) is 13.4. The Balaban J connectivity index is 2.01. The Morgan fingerprint density at radius 1 is 0.852 bits per heavy atom. The Bertz CT molecular complexity index is 701. The summed E-state index contributed by atoms with van der Waals surface area (Å²) in [5.74, 6) is 0. The molecule has 0 radical (unpaired) electrons. The zero-order chi connectivity index (χ0) is 19.2. The lowest BCUT2D eigenvalue weighted by atomic mass is 10.0. The quantitative estimate of drug-likeness (QED) is 0.698. The molecule has 2 aromatic rings. The van der Waals surface area contributed by atoms with E-state index < -0.39 is 0 Å². The van der Waals surface area contributed by atoms with Crippen LogP contribution in [0.4, 0.5) is 11.4 Å². The minimum atomic E-state index is 0.648. The van der Waals surface area contributed by atoms with Gasteiger partial charge in [0.2, 0.25) is 0 Å². The van der Waals surface area contributed by atoms with Crippen LogP contribution in [-0.4, -0.2) is 46.3 Å². The van der Waals surface area contributed by atoms with Gasteiger partial charge in [0, 0.05) is 32.1 Å². The fraction of sp³-hybridized carbons (Fsp3) is 0.478. The maximum atomic E-state index is 5.38. The van der Waals surface area contributed by atoms with Crippen molar-refractivity contribution in [2.45, 2.75) is 32.5 Å². The van der Waals surface area contributed by atoms with Gasteiger partial charge >= 0.3 is 0 Å². The number of hydrogen-bond acceptors (Lipinski definition) is 4. The summed E-state index contributed by atoms with van der Waals surface area (Å²) in [6.45, 7) is 3.38. The number of benzene rings is 2. The summed E-state index contributed by atoms with van der Waals surface area (Å²) in [5.41, 5.74) is 7.96. The monoisotopic (exact) mass is 368 g/mol. The van der Waals surface area contributed by atoms with E-state index in [9.17, 15) is 0 Å². The van der Waals surface area contributed by atoms with E-state index in [2.05, 4.69) is 60.3 Å². The smallest absolute Gasteiger partial charge is 0.0713 e. The lowest BCUT2D eigenvalue weighted by Gasteiger charge is -2.28. The molecule has 27 heavy (non-hydrogen) atoms. The number of hydrogen-bond donors (Lipinski definition) is 0. The molecule has 4 nitrogen and oxygen atoms in total. The molecule has 4 heteroatoms. The van der Waals surface area contributed by atoms with Gasteiger partial charge in [0.05, 0.1) is 13.2 Å². The second-order valence-electron chi connectivity index (χ2n) is 7.60. The van der Waals surface area contributed by atoms with Gasteiger partial charge in [-0.3, -0.25) is 0 Å². The van der Waals surface area contributed by atoms with Gasteiger partial charge in [0.25, 0.3) is 0 Å². The van der Waals surface area contributed by atoms with Crippen molar-refractivity contribution in [1.29, 1.82) is 0 Å². The Hall–Kier alpha value is -1.88. The molecule has 0 unspecified atom stereocenters. The van der Waals surface area contributed by atoms with Crippen LogP contribution < -0.4 is 4.90 Å². The van der Waals surface area contributed by atoms with Crippen molar-refractivity contribution in [3.8, 4) is 0 Å². The Labute approximate surface area is 163 Å². The molecule has 1 heterocycles. The summed E-state index contributed by atoms with van der Waals surface area (Å²) in [4.78, 5) is 4.77. The average Bonchev–Trinajstić information content (AvgIpc) is 2.79. The molecule has 0 amide bonds. The lowest BCUT2D eigenvalue weighted by Crippen LogP contribution is -2.24. The van der Waals surface area contributed by atoms with Crippen molar-refractivity contribution >= 4 is 11.4 Å². The largest absolute Gasteiger partial charge is 0.380 e. The van der Waals surface area contributed by atoms with Crippen LogP contribution in [0.5, 0.6) is 0 Å². The van der Waals surface area contributed by atoms with Crippen LogP contribution in [0.15, 0.2) is 36.4 Å². The van der Waals surface area contributed by atoms with Crippen molar-refractivity contribution in [2.75, 3.05) is 46.3 Å². The van der Waals surface area contributed by atoms with Gasteiger partial charge in [-0.25, -0.2) is 0 Å². The number of anilines is 2. The first-order valence-corrected chi connectivity index (χ1v) is 9.76. The summed E-state index contributed by atoms with van der Waals surface area (Å²) < 4.78 is 10.8. The molecule has 0 spiro atoms. The Morgan fingerprint density at radius 3 is 1.81 bits per heavy atom. The molecular formula is C23H32N2O2. The van der Waals surface area contributed by atoms with Crippen LogP contribution in [-0.2, 0) is 35.5 Å². The summed E-state index contributed by atoms with van der Waals surface area (Å²) in [6.07, 6.45) is 3.27. The molecule has 0 bridgehead atoms. The lowest BCUT2D eigenvalue weighted by molar-refractivity contribution is 0.185. The molecule has 3 rings (SSSR count). The maximum Gasteiger partial charge on any atom is 0.0713 e. The van der Waals surface area contributed by atoms with Gasteiger partial charge in [0.15, 0.2) is 0 Å². The average molecular weight is 369 g/mol. The van der Waals surface area contributed by atoms with Crippen molar-refractivity contribution in [1.82, 2.24) is 4.90 Å². The van der Waals surface area contributed by atoms with Gasteiger partial charge < -0.3 is 19.3 Å². The van der Waals surface area contributed by atoms with Gasteiger partial charge in [-0.05, 0) is 74.3 Å². The van der Waals surface area contributed by atoms with Crippen LogP contribution in [0, 0.1) is 0 Å². The predicted octanol–water partition coefficient (Wildman–Crippen LogP) is 4.17. The van der Waals surface area contributed by atoms with Crippen molar-refractivity contribution in [3.05, 3.63) is 58.7 Å². The van der Waals surface area contributed by atoms with Crippen molar-refractivity contribution < 1.29 is 9.47 Å². The standard InChI is InChI=1S/C23H32N2O2/c1-24(2)12-5-13-25-22-14-18(16-26-3)6-8-20(22)10-11-21-9-7-19(17-27-4)15-23(21)25/h6-9,14-15H,5,10-13,16-17H2,1-4H3. The van der Waals surface area contributed by atoms with Gasteiger partial charge in [-0.1, -0.05) is 24.3 Å². The van der Waals surface area contributed by atoms with E-state index >= 15 is 0 Å². The fourth-order valence-electron chi connectivity index (χ4n) is 3.84. The van der Waals surface area contributed by atoms with Crippen molar-refractivity contribution in [2.24, 2.45) is 0 Å². The number of ether oxygens (including phenoxy) is 2. The van der Waals surface area contributed by atoms with Gasteiger partial charge in [-0.2, -0.15) is 0 Å². The van der Waals surface area contributed by atoms with Gasteiger partial charge in [0.1, 0.15) is 0 Å². The SMILES string of the molecule is COCc1ccc2c(c1)N(CCCN(C)C)c1cc(COC)ccc1CC2. The molecule has 146 valence electrons. The minimum absolute atomic E-state index is 0.648. The highest BCUT2D eigenvalue weighted by atomic mass is 16.5. The first kappa shape index (κ1) is 19.9. The third-order valence-electron chi connectivity index (χ3n) is 5.15. The molecule has 0 aromatic heterocycles. The van der Waals surface area contributed by atoms with E-state index in [1.54, 1.807) is 14.2 Å². The molecule has 0 atom stereocenters. The first-order valence-electron chi connectivity index (χ1n) is 9.76. The third-order valence-corrected chi connectivity index (χ3v) is 5.15. The summed E-state index contributed by atoms with van der Waals surface area (Å²) in [7, 11) is 7.79. The van der Waals surface area contributed by atoms with Crippen LogP contribution in [0.1, 0.15) is 28.7 Å². The molecule has 0 fully saturated rings. The molecule has 0 aliphatic carbocycles. The van der Waals surface area contributed by atoms with Crippen molar-refractivity contribution in [3.63, 3.8) is 0 Å². The van der Waals surface area contributed by atoms with Crippen LogP contribution in [0.3, 0.4) is 0 Å². The van der Waals surface area contributed by atoms with E-state index in [1.807, 2.05) is 0 Å². The predicted molar refractivity (Wildman–Crippen MR) is 112 cm³/mol. The number of nitrogens with zero attached hydrogens (tertiary/aromatic N) is 2. The number of rotatable bonds is 8. The van der Waals surface area contributed by atoms with Crippen LogP contribution >= 0.6 is 0 Å². The van der Waals surface area contributed by atoms with E-state index in [0.29, 0.717) is 13.2 Å². The zero-order valence-electron chi connectivity index (χ0n) is 17.1. The molecule has 2 aromatic carbocycles. The number of aryl methyl sites for hydroxylation is 2. The van der Waals surface area contributed by atoms with Gasteiger partial charge in [-0.15, -0.1) is 0 Å². The molecule has 0 saturated heterocycles. The Morgan fingerprint density at radius 2 is 1.37 bits per heavy atom. The van der Waals surface area contributed by atoms with E-state index in [0.717, 1.165) is 32.4 Å². The molecule has 1 aliphatic heterocycles. The molecule has 1 aliphatic rings. The first-order chi connectivity index (χ1) is 13.1. The number of methoxy groups -OCH3 is 2. The maximum absolute atomic E-state index is 5.38. The van der Waals surface area contributed by atoms with E-state index in [4.69, 9.17) is 9.47 Å². The third kappa shape index (κ3) is 4.89. The highest BCUT2D eigenvalue weighted by Gasteiger charge is 2.21. The molecule has 0 saturated carbocycles.